The lowest BCUT2D eigenvalue weighted by molar-refractivity contribution is -0.124. The first-order chi connectivity index (χ1) is 12.6. The predicted molar refractivity (Wildman–Crippen MR) is 105 cm³/mol. The number of nitrogens with zero attached hydrogens (tertiary/aromatic N) is 2. The number of carbonyl (C=O) groups is 1. The molecule has 0 bridgehead atoms. The summed E-state index contributed by atoms with van der Waals surface area (Å²) in [5.41, 5.74) is 1.97. The van der Waals surface area contributed by atoms with E-state index in [0.29, 0.717) is 24.0 Å². The molecule has 6 heteroatoms. The molecule has 0 radical (unpaired) electrons. The molecule has 3 rings (SSSR count). The van der Waals surface area contributed by atoms with Gasteiger partial charge in [-0.2, -0.15) is 0 Å². The number of benzene rings is 2. The Morgan fingerprint density at radius 1 is 1.23 bits per heavy atom. The van der Waals surface area contributed by atoms with E-state index in [1.54, 1.807) is 18.9 Å². The summed E-state index contributed by atoms with van der Waals surface area (Å²) in [6.45, 7) is 4.61. The third-order valence-electron chi connectivity index (χ3n) is 3.95. The molecule has 0 aliphatic heterocycles. The first-order valence-corrected chi connectivity index (χ1v) is 9.29. The van der Waals surface area contributed by atoms with Crippen LogP contribution in [0.3, 0.4) is 0 Å². The van der Waals surface area contributed by atoms with E-state index in [2.05, 4.69) is 4.98 Å². The number of methoxy groups -OCH3 is 1. The number of thiazole rings is 1. The van der Waals surface area contributed by atoms with Crippen molar-refractivity contribution in [1.29, 1.82) is 0 Å². The number of fused-ring (bicyclic) bond motifs is 1. The van der Waals surface area contributed by atoms with Crippen molar-refractivity contribution in [3.05, 3.63) is 54.1 Å². The highest BCUT2D eigenvalue weighted by atomic mass is 32.1. The van der Waals surface area contributed by atoms with Crippen LogP contribution in [-0.2, 0) is 9.53 Å². The zero-order chi connectivity index (χ0) is 18.5. The molecule has 1 amide bonds. The Hall–Kier alpha value is -2.44. The second kappa shape index (κ2) is 8.29. The van der Waals surface area contributed by atoms with Crippen LogP contribution < -0.4 is 9.64 Å². The summed E-state index contributed by atoms with van der Waals surface area (Å²) >= 11 is 1.49. The van der Waals surface area contributed by atoms with Crippen molar-refractivity contribution >= 4 is 32.6 Å². The van der Waals surface area contributed by atoms with Crippen LogP contribution in [0.1, 0.15) is 12.5 Å². The number of ether oxygens (including phenoxy) is 2. The topological polar surface area (TPSA) is 51.7 Å². The third kappa shape index (κ3) is 4.20. The van der Waals surface area contributed by atoms with Gasteiger partial charge >= 0.3 is 0 Å². The predicted octanol–water partition coefficient (Wildman–Crippen LogP) is 4.05. The van der Waals surface area contributed by atoms with Crippen molar-refractivity contribution in [2.45, 2.75) is 20.0 Å². The van der Waals surface area contributed by atoms with Crippen LogP contribution >= 0.6 is 11.3 Å². The van der Waals surface area contributed by atoms with Gasteiger partial charge in [0.05, 0.1) is 23.4 Å². The Morgan fingerprint density at radius 3 is 2.77 bits per heavy atom. The van der Waals surface area contributed by atoms with Crippen molar-refractivity contribution in [2.24, 2.45) is 0 Å². The van der Waals surface area contributed by atoms with E-state index in [4.69, 9.17) is 9.47 Å². The Labute approximate surface area is 157 Å². The zero-order valence-corrected chi connectivity index (χ0v) is 16.0. The summed E-state index contributed by atoms with van der Waals surface area (Å²) in [5, 5.41) is 0.660. The minimum atomic E-state index is -0.624. The number of para-hydroxylation sites is 1. The van der Waals surface area contributed by atoms with Gasteiger partial charge in [0, 0.05) is 7.11 Å². The molecule has 0 saturated heterocycles. The molecule has 0 fully saturated rings. The molecule has 136 valence electrons. The van der Waals surface area contributed by atoms with Crippen LogP contribution in [0.2, 0.25) is 0 Å². The van der Waals surface area contributed by atoms with Gasteiger partial charge in [0.15, 0.2) is 11.2 Å². The Morgan fingerprint density at radius 2 is 2.04 bits per heavy atom. The number of hydrogen-bond acceptors (Lipinski definition) is 5. The fourth-order valence-corrected chi connectivity index (χ4v) is 3.62. The van der Waals surface area contributed by atoms with Gasteiger partial charge in [0.2, 0.25) is 0 Å². The fraction of sp³-hybridized carbons (Fsp3) is 0.300. The Bertz CT molecular complexity index is 860. The number of aryl methyl sites for hydroxylation is 1. The van der Waals surface area contributed by atoms with E-state index in [9.17, 15) is 4.79 Å². The van der Waals surface area contributed by atoms with Gasteiger partial charge in [0.25, 0.3) is 5.91 Å². The lowest BCUT2D eigenvalue weighted by Gasteiger charge is -2.23. The summed E-state index contributed by atoms with van der Waals surface area (Å²) in [7, 11) is 1.62. The molecule has 1 heterocycles. The van der Waals surface area contributed by atoms with Crippen LogP contribution in [0.4, 0.5) is 5.13 Å². The van der Waals surface area contributed by atoms with Gasteiger partial charge < -0.3 is 9.47 Å². The number of anilines is 1. The van der Waals surface area contributed by atoms with Gasteiger partial charge in [-0.15, -0.1) is 0 Å². The van der Waals surface area contributed by atoms with E-state index in [0.717, 1.165) is 15.8 Å². The highest BCUT2D eigenvalue weighted by Gasteiger charge is 2.26. The molecular weight excluding hydrogens is 348 g/mol. The Kier molecular flexibility index (Phi) is 5.85. The molecule has 3 aromatic rings. The highest BCUT2D eigenvalue weighted by molar-refractivity contribution is 7.22. The SMILES string of the molecule is COCCN(C(=O)C(C)Oc1cccc(C)c1)c1nc2ccccc2s1. The van der Waals surface area contributed by atoms with Gasteiger partial charge in [0.1, 0.15) is 5.75 Å². The van der Waals surface area contributed by atoms with Gasteiger partial charge in [-0.1, -0.05) is 35.6 Å². The van der Waals surface area contributed by atoms with Crippen molar-refractivity contribution in [1.82, 2.24) is 4.98 Å². The average molecular weight is 370 g/mol. The number of rotatable bonds is 7. The normalized spacial score (nSPS) is 12.1. The van der Waals surface area contributed by atoms with E-state index >= 15 is 0 Å². The minimum Gasteiger partial charge on any atom is -0.481 e. The molecule has 0 saturated carbocycles. The fourth-order valence-electron chi connectivity index (χ4n) is 2.62. The van der Waals surface area contributed by atoms with Crippen molar-refractivity contribution in [2.75, 3.05) is 25.2 Å². The lowest BCUT2D eigenvalue weighted by Crippen LogP contribution is -2.42. The van der Waals surface area contributed by atoms with E-state index < -0.39 is 6.10 Å². The maximum absolute atomic E-state index is 13.0. The monoisotopic (exact) mass is 370 g/mol. The van der Waals surface area contributed by atoms with Gasteiger partial charge in [-0.3, -0.25) is 9.69 Å². The summed E-state index contributed by atoms with van der Waals surface area (Å²) in [6, 6.07) is 15.5. The quantitative estimate of drug-likeness (QED) is 0.630. The van der Waals surface area contributed by atoms with Crippen LogP contribution in [0.5, 0.6) is 5.75 Å². The van der Waals surface area contributed by atoms with Gasteiger partial charge in [-0.25, -0.2) is 4.98 Å². The third-order valence-corrected chi connectivity index (χ3v) is 5.01. The summed E-state index contributed by atoms with van der Waals surface area (Å²) < 4.78 is 12.1. The summed E-state index contributed by atoms with van der Waals surface area (Å²) in [6.07, 6.45) is -0.624. The van der Waals surface area contributed by atoms with Crippen molar-refractivity contribution < 1.29 is 14.3 Å². The van der Waals surface area contributed by atoms with E-state index in [1.807, 2.05) is 55.5 Å². The maximum atomic E-state index is 13.0. The summed E-state index contributed by atoms with van der Waals surface area (Å²) in [4.78, 5) is 19.3. The smallest absolute Gasteiger partial charge is 0.269 e. The standard InChI is InChI=1S/C20H22N2O3S/c1-14-7-6-8-16(13-14)25-15(2)19(23)22(11-12-24-3)20-21-17-9-4-5-10-18(17)26-20/h4-10,13,15H,11-12H2,1-3H3. The number of aromatic nitrogens is 1. The molecule has 1 unspecified atom stereocenters. The maximum Gasteiger partial charge on any atom is 0.269 e. The second-order valence-corrected chi connectivity index (χ2v) is 7.03. The highest BCUT2D eigenvalue weighted by Crippen LogP contribution is 2.29. The van der Waals surface area contributed by atoms with E-state index in [-0.39, 0.29) is 5.91 Å². The molecule has 0 spiro atoms. The Balaban J connectivity index is 1.82. The molecule has 0 aliphatic rings. The number of amides is 1. The first kappa shape index (κ1) is 18.4. The summed E-state index contributed by atoms with van der Waals surface area (Å²) in [5.74, 6) is 0.546. The number of hydrogen-bond donors (Lipinski definition) is 0. The van der Waals surface area contributed by atoms with Crippen LogP contribution in [-0.4, -0.2) is 37.3 Å². The molecule has 0 aliphatic carbocycles. The average Bonchev–Trinajstić information content (AvgIpc) is 3.05. The van der Waals surface area contributed by atoms with Crippen LogP contribution in [0.15, 0.2) is 48.5 Å². The second-order valence-electron chi connectivity index (χ2n) is 6.02. The molecule has 1 atom stereocenters. The zero-order valence-electron chi connectivity index (χ0n) is 15.1. The van der Waals surface area contributed by atoms with Crippen molar-refractivity contribution in [3.63, 3.8) is 0 Å². The first-order valence-electron chi connectivity index (χ1n) is 8.47. The molecule has 26 heavy (non-hydrogen) atoms. The molecular formula is C20H22N2O3S. The van der Waals surface area contributed by atoms with Crippen molar-refractivity contribution in [3.8, 4) is 5.75 Å². The largest absolute Gasteiger partial charge is 0.481 e. The van der Waals surface area contributed by atoms with Gasteiger partial charge in [-0.05, 0) is 43.7 Å². The lowest BCUT2D eigenvalue weighted by atomic mass is 10.2. The number of carbonyl (C=O) groups excluding carboxylic acids is 1. The molecule has 5 nitrogen and oxygen atoms in total. The van der Waals surface area contributed by atoms with Crippen LogP contribution in [0.25, 0.3) is 10.2 Å². The van der Waals surface area contributed by atoms with E-state index in [1.165, 1.54) is 11.3 Å². The molecule has 2 aromatic carbocycles. The molecule has 1 aromatic heterocycles. The minimum absolute atomic E-state index is 0.136. The van der Waals surface area contributed by atoms with Crippen LogP contribution in [0, 0.1) is 6.92 Å². The molecule has 0 N–H and O–H groups in total.